The summed E-state index contributed by atoms with van der Waals surface area (Å²) in [4.78, 5) is 27.1. The van der Waals surface area contributed by atoms with Crippen LogP contribution in [0.3, 0.4) is 0 Å². The van der Waals surface area contributed by atoms with Crippen LogP contribution in [0.1, 0.15) is 57.9 Å². The normalized spacial score (nSPS) is 39.5. The summed E-state index contributed by atoms with van der Waals surface area (Å²) < 4.78 is 0. The van der Waals surface area contributed by atoms with Crippen molar-refractivity contribution in [3.63, 3.8) is 0 Å². The van der Waals surface area contributed by atoms with E-state index in [2.05, 4.69) is 49.5 Å². The van der Waals surface area contributed by atoms with Crippen LogP contribution in [0, 0.1) is 28.6 Å². The summed E-state index contributed by atoms with van der Waals surface area (Å²) in [6.07, 6.45) is 11.1. The zero-order chi connectivity index (χ0) is 23.2. The van der Waals surface area contributed by atoms with Crippen LogP contribution in [0.15, 0.2) is 42.5 Å². The molecule has 5 heteroatoms. The molecule has 0 aromatic heterocycles. The summed E-state index contributed by atoms with van der Waals surface area (Å²) in [5, 5.41) is 3.45. The first-order valence-corrected chi connectivity index (χ1v) is 13.9. The summed E-state index contributed by atoms with van der Waals surface area (Å²) in [5.74, 6) is 3.77. The van der Waals surface area contributed by atoms with E-state index in [-0.39, 0.29) is 22.6 Å². The standard InChI is InChI=1S/C28H38N2O2S/c1-27-15-13-22-20(9-12-24-28(22,2)16-14-26(32)30(24)3)21(27)10-11-23(27)29-25(31)18-33-17-19-7-5-4-6-8-19/h4-8,14,16,20-24H,9-13,15,17-18H2,1-3H3,(H,29,31)/t20-,21-,22-,23?,24+,27-,28+/m0/s1. The van der Waals surface area contributed by atoms with E-state index in [1.165, 1.54) is 31.2 Å². The first-order chi connectivity index (χ1) is 15.8. The first-order valence-electron chi connectivity index (χ1n) is 12.7. The number of likely N-dealkylation sites (N-methyl/N-ethyl adjacent to an activating group) is 1. The van der Waals surface area contributed by atoms with Crippen molar-refractivity contribution in [2.24, 2.45) is 28.6 Å². The Morgan fingerprint density at radius 1 is 1.09 bits per heavy atom. The van der Waals surface area contributed by atoms with Crippen molar-refractivity contribution in [2.75, 3.05) is 12.8 Å². The Labute approximate surface area is 203 Å². The van der Waals surface area contributed by atoms with Crippen LogP contribution in [0.4, 0.5) is 0 Å². The molecular weight excluding hydrogens is 428 g/mol. The van der Waals surface area contributed by atoms with Gasteiger partial charge in [-0.3, -0.25) is 9.59 Å². The molecule has 1 aliphatic heterocycles. The molecule has 4 nitrogen and oxygen atoms in total. The summed E-state index contributed by atoms with van der Waals surface area (Å²) in [6.45, 7) is 4.85. The molecule has 4 aliphatic rings. The monoisotopic (exact) mass is 466 g/mol. The van der Waals surface area contributed by atoms with Crippen LogP contribution in [-0.2, 0) is 15.3 Å². The number of carbonyl (C=O) groups is 2. The third kappa shape index (κ3) is 3.94. The Morgan fingerprint density at radius 2 is 1.88 bits per heavy atom. The number of hydrogen-bond donors (Lipinski definition) is 1. The highest BCUT2D eigenvalue weighted by Crippen LogP contribution is 2.63. The van der Waals surface area contributed by atoms with E-state index < -0.39 is 0 Å². The lowest BCUT2D eigenvalue weighted by atomic mass is 9.48. The van der Waals surface area contributed by atoms with Gasteiger partial charge in [0.05, 0.1) is 5.75 Å². The Balaban J connectivity index is 1.23. The van der Waals surface area contributed by atoms with Crippen molar-refractivity contribution >= 4 is 23.6 Å². The molecule has 1 heterocycles. The van der Waals surface area contributed by atoms with Crippen molar-refractivity contribution < 1.29 is 9.59 Å². The second-order valence-electron chi connectivity index (χ2n) is 11.3. The van der Waals surface area contributed by atoms with Crippen LogP contribution >= 0.6 is 11.8 Å². The lowest BCUT2D eigenvalue weighted by Gasteiger charge is -2.60. The second kappa shape index (κ2) is 8.79. The van der Waals surface area contributed by atoms with E-state index in [9.17, 15) is 9.59 Å². The fourth-order valence-electron chi connectivity index (χ4n) is 8.05. The number of benzene rings is 1. The van der Waals surface area contributed by atoms with Gasteiger partial charge in [-0.15, -0.1) is 11.8 Å². The lowest BCUT2D eigenvalue weighted by molar-refractivity contribution is -0.138. The van der Waals surface area contributed by atoms with E-state index in [0.29, 0.717) is 35.6 Å². The van der Waals surface area contributed by atoms with Gasteiger partial charge in [-0.2, -0.15) is 0 Å². The third-order valence-electron chi connectivity index (χ3n) is 9.81. The fourth-order valence-corrected chi connectivity index (χ4v) is 8.85. The number of rotatable bonds is 5. The van der Waals surface area contributed by atoms with Gasteiger partial charge in [-0.05, 0) is 73.3 Å². The number of fused-ring (bicyclic) bond motifs is 5. The summed E-state index contributed by atoms with van der Waals surface area (Å²) in [7, 11) is 1.99. The minimum absolute atomic E-state index is 0.0856. The average Bonchev–Trinajstić information content (AvgIpc) is 3.13. The maximum absolute atomic E-state index is 12.8. The lowest BCUT2D eigenvalue weighted by Crippen LogP contribution is -2.60. The molecule has 3 saturated carbocycles. The zero-order valence-corrected chi connectivity index (χ0v) is 21.1. The molecule has 5 rings (SSSR count). The van der Waals surface area contributed by atoms with Crippen molar-refractivity contribution in [3.05, 3.63) is 48.0 Å². The van der Waals surface area contributed by atoms with Crippen LogP contribution < -0.4 is 5.32 Å². The van der Waals surface area contributed by atoms with Gasteiger partial charge in [0, 0.05) is 30.3 Å². The number of nitrogens with one attached hydrogen (secondary N) is 1. The smallest absolute Gasteiger partial charge is 0.246 e. The van der Waals surface area contributed by atoms with Gasteiger partial charge < -0.3 is 10.2 Å². The van der Waals surface area contributed by atoms with Crippen molar-refractivity contribution in [1.29, 1.82) is 0 Å². The van der Waals surface area contributed by atoms with Gasteiger partial charge in [0.2, 0.25) is 11.8 Å². The van der Waals surface area contributed by atoms with E-state index in [1.54, 1.807) is 11.8 Å². The van der Waals surface area contributed by atoms with E-state index >= 15 is 0 Å². The van der Waals surface area contributed by atoms with Gasteiger partial charge in [0.15, 0.2) is 0 Å². The van der Waals surface area contributed by atoms with Crippen LogP contribution in [-0.4, -0.2) is 41.6 Å². The van der Waals surface area contributed by atoms with E-state index in [4.69, 9.17) is 0 Å². The molecule has 0 radical (unpaired) electrons. The molecular formula is C28H38N2O2S. The molecule has 0 saturated heterocycles. The highest BCUT2D eigenvalue weighted by atomic mass is 32.2. The van der Waals surface area contributed by atoms with Crippen LogP contribution in [0.25, 0.3) is 0 Å². The molecule has 0 spiro atoms. The third-order valence-corrected chi connectivity index (χ3v) is 10.8. The predicted molar refractivity (Wildman–Crippen MR) is 135 cm³/mol. The van der Waals surface area contributed by atoms with Crippen molar-refractivity contribution in [2.45, 2.75) is 70.2 Å². The average molecular weight is 467 g/mol. The van der Waals surface area contributed by atoms with Gasteiger partial charge in [0.25, 0.3) is 0 Å². The topological polar surface area (TPSA) is 49.4 Å². The molecule has 1 aromatic rings. The Morgan fingerprint density at radius 3 is 2.67 bits per heavy atom. The Bertz CT molecular complexity index is 933. The highest BCUT2D eigenvalue weighted by molar-refractivity contribution is 7.99. The minimum atomic E-state index is 0.0856. The molecule has 1 aromatic carbocycles. The van der Waals surface area contributed by atoms with Crippen molar-refractivity contribution in [3.8, 4) is 0 Å². The number of carbonyl (C=O) groups excluding carboxylic acids is 2. The quantitative estimate of drug-likeness (QED) is 0.661. The number of thioether (sulfide) groups is 1. The van der Waals surface area contributed by atoms with Gasteiger partial charge >= 0.3 is 0 Å². The largest absolute Gasteiger partial charge is 0.352 e. The molecule has 2 amide bonds. The maximum atomic E-state index is 12.8. The predicted octanol–water partition coefficient (Wildman–Crippen LogP) is 5.04. The first kappa shape index (κ1) is 23.0. The summed E-state index contributed by atoms with van der Waals surface area (Å²) >= 11 is 1.70. The molecule has 33 heavy (non-hydrogen) atoms. The zero-order valence-electron chi connectivity index (χ0n) is 20.3. The maximum Gasteiger partial charge on any atom is 0.246 e. The second-order valence-corrected chi connectivity index (χ2v) is 12.3. The van der Waals surface area contributed by atoms with Gasteiger partial charge in [-0.25, -0.2) is 0 Å². The molecule has 3 aliphatic carbocycles. The molecule has 1 unspecified atom stereocenters. The number of hydrogen-bond acceptors (Lipinski definition) is 3. The molecule has 178 valence electrons. The van der Waals surface area contributed by atoms with Gasteiger partial charge in [-0.1, -0.05) is 50.3 Å². The molecule has 7 atom stereocenters. The number of amides is 2. The summed E-state index contributed by atoms with van der Waals surface area (Å²) in [5.41, 5.74) is 1.56. The molecule has 3 fully saturated rings. The van der Waals surface area contributed by atoms with Crippen LogP contribution in [0.5, 0.6) is 0 Å². The number of nitrogens with zero attached hydrogens (tertiary/aromatic N) is 1. The van der Waals surface area contributed by atoms with Gasteiger partial charge in [0.1, 0.15) is 0 Å². The SMILES string of the molecule is CN1C(=O)C=C[C@]2(C)[C@H]3CC[C@]4(C)C(NC(=O)CSCc5ccccc5)CC[C@H]4[C@@H]3CC[C@@H]12. The molecule has 1 N–H and O–H groups in total. The van der Waals surface area contributed by atoms with E-state index in [1.807, 2.05) is 24.1 Å². The highest BCUT2D eigenvalue weighted by Gasteiger charge is 2.60. The molecule has 0 bridgehead atoms. The summed E-state index contributed by atoms with van der Waals surface area (Å²) in [6, 6.07) is 11.0. The minimum Gasteiger partial charge on any atom is -0.352 e. The van der Waals surface area contributed by atoms with Crippen molar-refractivity contribution in [1.82, 2.24) is 10.2 Å². The Kier molecular flexibility index (Phi) is 6.13. The van der Waals surface area contributed by atoms with Crippen LogP contribution in [0.2, 0.25) is 0 Å². The van der Waals surface area contributed by atoms with E-state index in [0.717, 1.165) is 18.6 Å². The fraction of sp³-hybridized carbons (Fsp3) is 0.643. The Hall–Kier alpha value is -1.75.